The molecule has 1 aromatic heterocycles. The van der Waals surface area contributed by atoms with E-state index in [4.69, 9.17) is 9.52 Å². The lowest BCUT2D eigenvalue weighted by Gasteiger charge is -2.04. The number of oxazole rings is 1. The van der Waals surface area contributed by atoms with Gasteiger partial charge in [-0.25, -0.2) is 9.78 Å². The monoisotopic (exact) mass is 260 g/mol. The maximum atomic E-state index is 11.1. The number of hydrogen-bond acceptors (Lipinski definition) is 5. The summed E-state index contributed by atoms with van der Waals surface area (Å²) in [7, 11) is 0. The van der Waals surface area contributed by atoms with Crippen molar-refractivity contribution in [3.63, 3.8) is 0 Å². The third-order valence-electron chi connectivity index (χ3n) is 2.50. The van der Waals surface area contributed by atoms with E-state index in [1.807, 2.05) is 0 Å². The molecule has 0 radical (unpaired) electrons. The Bertz CT molecular complexity index is 601. The average molecular weight is 260 g/mol. The summed E-state index contributed by atoms with van der Waals surface area (Å²) in [4.78, 5) is 25.5. The summed E-state index contributed by atoms with van der Waals surface area (Å²) in [5, 5.41) is 11.7. The summed E-state index contributed by atoms with van der Waals surface area (Å²) < 4.78 is 5.00. The third-order valence-corrected chi connectivity index (χ3v) is 2.50. The summed E-state index contributed by atoms with van der Waals surface area (Å²) in [6, 6.07) is 6.95. The molecular weight excluding hydrogens is 248 g/mol. The maximum absolute atomic E-state index is 11.1. The zero-order chi connectivity index (χ0) is 13.8. The molecule has 0 unspecified atom stereocenters. The van der Waals surface area contributed by atoms with E-state index in [9.17, 15) is 9.59 Å². The number of benzene rings is 1. The van der Waals surface area contributed by atoms with Gasteiger partial charge in [-0.15, -0.1) is 0 Å². The van der Waals surface area contributed by atoms with Gasteiger partial charge in [0.05, 0.1) is 12.7 Å². The van der Waals surface area contributed by atoms with Crippen LogP contribution in [0.3, 0.4) is 0 Å². The van der Waals surface area contributed by atoms with E-state index in [0.717, 1.165) is 11.9 Å². The summed E-state index contributed by atoms with van der Waals surface area (Å²) in [5.41, 5.74) is 1.43. The fourth-order valence-corrected chi connectivity index (χ4v) is 1.49. The second kappa shape index (κ2) is 5.34. The Morgan fingerprint density at radius 1 is 1.32 bits per heavy atom. The molecule has 0 saturated carbocycles. The van der Waals surface area contributed by atoms with Crippen LogP contribution in [-0.4, -0.2) is 21.8 Å². The lowest BCUT2D eigenvalue weighted by atomic mass is 10.1. The van der Waals surface area contributed by atoms with Crippen molar-refractivity contribution >= 4 is 17.4 Å². The van der Waals surface area contributed by atoms with Crippen LogP contribution in [0.4, 0.5) is 5.69 Å². The fourth-order valence-electron chi connectivity index (χ4n) is 1.49. The van der Waals surface area contributed by atoms with Crippen molar-refractivity contribution in [3.05, 3.63) is 47.7 Å². The lowest BCUT2D eigenvalue weighted by molar-refractivity contribution is 0.0660. The first-order chi connectivity index (χ1) is 9.06. The second-order valence-electron chi connectivity index (χ2n) is 3.91. The van der Waals surface area contributed by atoms with Crippen molar-refractivity contribution in [2.75, 3.05) is 5.32 Å². The van der Waals surface area contributed by atoms with Gasteiger partial charge in [-0.3, -0.25) is 4.79 Å². The van der Waals surface area contributed by atoms with Crippen molar-refractivity contribution in [3.8, 4) is 0 Å². The minimum Gasteiger partial charge on any atom is -0.475 e. The normalized spacial score (nSPS) is 10.2. The predicted octanol–water partition coefficient (Wildman–Crippen LogP) is 2.19. The number of nitrogens with zero attached hydrogens (tertiary/aromatic N) is 1. The number of carbonyl (C=O) groups excluding carboxylic acids is 1. The lowest BCUT2D eigenvalue weighted by Crippen LogP contribution is -2.00. The third kappa shape index (κ3) is 3.19. The molecule has 1 aromatic carbocycles. The van der Waals surface area contributed by atoms with Gasteiger partial charge in [0.25, 0.3) is 0 Å². The van der Waals surface area contributed by atoms with E-state index in [-0.39, 0.29) is 24.0 Å². The van der Waals surface area contributed by atoms with Gasteiger partial charge < -0.3 is 14.8 Å². The Morgan fingerprint density at radius 3 is 2.53 bits per heavy atom. The van der Waals surface area contributed by atoms with Crippen LogP contribution in [0.5, 0.6) is 0 Å². The molecule has 2 rings (SSSR count). The first kappa shape index (κ1) is 12.8. The summed E-state index contributed by atoms with van der Waals surface area (Å²) >= 11 is 0. The van der Waals surface area contributed by atoms with Crippen molar-refractivity contribution in [1.82, 2.24) is 4.98 Å². The van der Waals surface area contributed by atoms with Crippen LogP contribution in [0.15, 0.2) is 34.9 Å². The standard InChI is InChI=1S/C13H12N2O4/c1-8(16)9-2-4-10(5-3-9)14-7-12-15-6-11(19-12)13(17)18/h2-6,14H,7H2,1H3,(H,17,18). The smallest absolute Gasteiger partial charge is 0.373 e. The van der Waals surface area contributed by atoms with E-state index >= 15 is 0 Å². The molecule has 0 atom stereocenters. The molecule has 0 saturated heterocycles. The number of Topliss-reactive ketones (excluding diaryl/α,β-unsaturated/α-hetero) is 1. The Kier molecular flexibility index (Phi) is 3.61. The van der Waals surface area contributed by atoms with Crippen molar-refractivity contribution in [2.24, 2.45) is 0 Å². The predicted molar refractivity (Wildman–Crippen MR) is 67.2 cm³/mol. The molecule has 0 aliphatic rings. The van der Waals surface area contributed by atoms with Gasteiger partial charge in [0, 0.05) is 11.3 Å². The summed E-state index contributed by atoms with van der Waals surface area (Å²) in [6.45, 7) is 1.77. The molecule has 19 heavy (non-hydrogen) atoms. The van der Waals surface area contributed by atoms with Crippen LogP contribution in [0.1, 0.15) is 33.7 Å². The SMILES string of the molecule is CC(=O)c1ccc(NCc2ncc(C(=O)O)o2)cc1. The van der Waals surface area contributed by atoms with Gasteiger partial charge in [0.2, 0.25) is 11.7 Å². The number of aromatic carboxylic acids is 1. The largest absolute Gasteiger partial charge is 0.475 e. The highest BCUT2D eigenvalue weighted by Crippen LogP contribution is 2.12. The van der Waals surface area contributed by atoms with Gasteiger partial charge in [0.15, 0.2) is 5.78 Å². The van der Waals surface area contributed by atoms with Gasteiger partial charge in [0.1, 0.15) is 0 Å². The van der Waals surface area contributed by atoms with Gasteiger partial charge in [-0.2, -0.15) is 0 Å². The van der Waals surface area contributed by atoms with Crippen LogP contribution < -0.4 is 5.32 Å². The molecule has 2 aromatic rings. The Labute approximate surface area is 109 Å². The molecule has 0 aliphatic heterocycles. The highest BCUT2D eigenvalue weighted by atomic mass is 16.4. The van der Waals surface area contributed by atoms with Crippen molar-refractivity contribution < 1.29 is 19.1 Å². The van der Waals surface area contributed by atoms with Crippen LogP contribution in [-0.2, 0) is 6.54 Å². The Morgan fingerprint density at radius 2 is 2.00 bits per heavy atom. The summed E-state index contributed by atoms with van der Waals surface area (Å²) in [5.74, 6) is -1.05. The topological polar surface area (TPSA) is 92.4 Å². The molecule has 0 amide bonds. The molecule has 0 fully saturated rings. The van der Waals surface area contributed by atoms with Crippen LogP contribution in [0.2, 0.25) is 0 Å². The minimum absolute atomic E-state index is 0.00495. The molecule has 1 heterocycles. The Balaban J connectivity index is 1.97. The van der Waals surface area contributed by atoms with E-state index < -0.39 is 5.97 Å². The molecule has 0 bridgehead atoms. The number of ketones is 1. The molecule has 0 aliphatic carbocycles. The zero-order valence-electron chi connectivity index (χ0n) is 10.2. The summed E-state index contributed by atoms with van der Waals surface area (Å²) in [6.07, 6.45) is 1.16. The molecule has 6 heteroatoms. The molecule has 98 valence electrons. The fraction of sp³-hybridized carbons (Fsp3) is 0.154. The highest BCUT2D eigenvalue weighted by Gasteiger charge is 2.10. The number of carbonyl (C=O) groups is 2. The first-order valence-electron chi connectivity index (χ1n) is 5.59. The van der Waals surface area contributed by atoms with Crippen molar-refractivity contribution in [2.45, 2.75) is 13.5 Å². The second-order valence-corrected chi connectivity index (χ2v) is 3.91. The van der Waals surface area contributed by atoms with Gasteiger partial charge in [-0.05, 0) is 31.2 Å². The highest BCUT2D eigenvalue weighted by molar-refractivity contribution is 5.94. The number of carboxylic acids is 1. The van der Waals surface area contributed by atoms with Crippen LogP contribution >= 0.6 is 0 Å². The van der Waals surface area contributed by atoms with Gasteiger partial charge >= 0.3 is 5.97 Å². The number of anilines is 1. The molecule has 0 spiro atoms. The van der Waals surface area contributed by atoms with Crippen molar-refractivity contribution in [1.29, 1.82) is 0 Å². The van der Waals surface area contributed by atoms with E-state index in [1.54, 1.807) is 24.3 Å². The zero-order valence-corrected chi connectivity index (χ0v) is 10.2. The average Bonchev–Trinajstić information content (AvgIpc) is 2.86. The molecular formula is C13H12N2O4. The first-order valence-corrected chi connectivity index (χ1v) is 5.59. The van der Waals surface area contributed by atoms with E-state index in [1.165, 1.54) is 6.92 Å². The number of aromatic nitrogens is 1. The Hall–Kier alpha value is -2.63. The minimum atomic E-state index is -1.15. The molecule has 2 N–H and O–H groups in total. The molecule has 6 nitrogen and oxygen atoms in total. The van der Waals surface area contributed by atoms with E-state index in [2.05, 4.69) is 10.3 Å². The number of nitrogens with one attached hydrogen (secondary N) is 1. The maximum Gasteiger partial charge on any atom is 0.373 e. The number of carboxylic acid groups (broad SMARTS) is 1. The number of rotatable bonds is 5. The quantitative estimate of drug-likeness (QED) is 0.800. The van der Waals surface area contributed by atoms with E-state index in [0.29, 0.717) is 5.56 Å². The van der Waals surface area contributed by atoms with Crippen LogP contribution in [0, 0.1) is 0 Å². The van der Waals surface area contributed by atoms with Crippen LogP contribution in [0.25, 0.3) is 0 Å². The number of hydrogen-bond donors (Lipinski definition) is 2. The van der Waals surface area contributed by atoms with Gasteiger partial charge in [-0.1, -0.05) is 0 Å².